The van der Waals surface area contributed by atoms with E-state index in [4.69, 9.17) is 0 Å². The summed E-state index contributed by atoms with van der Waals surface area (Å²) in [6.07, 6.45) is 5.19. The number of amides is 1. The lowest BCUT2D eigenvalue weighted by atomic mass is 10.1. The van der Waals surface area contributed by atoms with Gasteiger partial charge in [0.25, 0.3) is 5.91 Å². The molecule has 0 saturated carbocycles. The second-order valence-electron chi connectivity index (χ2n) is 6.37. The molecule has 1 amide bonds. The summed E-state index contributed by atoms with van der Waals surface area (Å²) in [6.45, 7) is 2.18. The molecule has 0 unspecified atom stereocenters. The van der Waals surface area contributed by atoms with Crippen molar-refractivity contribution in [3.05, 3.63) is 70.1 Å². The highest BCUT2D eigenvalue weighted by atomic mass is 32.2. The number of nitrogens with zero attached hydrogens (tertiary/aromatic N) is 1. The average molecular weight is 394 g/mol. The number of aliphatic imine (C=N–C) groups is 1. The quantitative estimate of drug-likeness (QED) is 0.569. The molecule has 3 rings (SSSR count). The Labute approximate surface area is 168 Å². The maximum absolute atomic E-state index is 12.2. The van der Waals surface area contributed by atoms with Crippen LogP contribution < -0.4 is 5.32 Å². The third-order valence-corrected chi connectivity index (χ3v) is 5.18. The van der Waals surface area contributed by atoms with Crippen molar-refractivity contribution in [2.24, 2.45) is 4.99 Å². The Morgan fingerprint density at radius 2 is 1.86 bits per heavy atom. The number of carbonyl (C=O) groups excluding carboxylic acids is 2. The Bertz CT molecular complexity index is 916. The van der Waals surface area contributed by atoms with Gasteiger partial charge in [-0.3, -0.25) is 4.79 Å². The number of methoxy groups -OCH3 is 1. The first kappa shape index (κ1) is 19.9. The van der Waals surface area contributed by atoms with Crippen LogP contribution in [0.15, 0.2) is 58.4 Å². The Hall–Kier alpha value is -2.86. The van der Waals surface area contributed by atoms with Gasteiger partial charge in [0.05, 0.1) is 23.3 Å². The van der Waals surface area contributed by atoms with Gasteiger partial charge in [-0.2, -0.15) is 0 Å². The van der Waals surface area contributed by atoms with Crippen LogP contribution in [-0.2, 0) is 16.0 Å². The van der Waals surface area contributed by atoms with E-state index in [-0.39, 0.29) is 11.9 Å². The van der Waals surface area contributed by atoms with E-state index in [9.17, 15) is 9.59 Å². The first-order chi connectivity index (χ1) is 13.6. The van der Waals surface area contributed by atoms with Crippen LogP contribution in [0, 0.1) is 0 Å². The molecule has 0 spiro atoms. The molecule has 1 aliphatic rings. The van der Waals surface area contributed by atoms with Gasteiger partial charge in [0.2, 0.25) is 0 Å². The van der Waals surface area contributed by atoms with Crippen LogP contribution in [0.5, 0.6) is 0 Å². The molecule has 1 heterocycles. The standard InChI is InChI=1S/C22H22N2O3S/c1-3-4-5-15-8-12-18(13-9-15)23-22-24-20(25)19(28-22)14-16-6-10-17(11-7-16)21(26)27-2/h6-14H,3-5H2,1-2H3,(H,23,24,25)/b19-14-. The number of amidine groups is 1. The molecule has 28 heavy (non-hydrogen) atoms. The predicted octanol–water partition coefficient (Wildman–Crippen LogP) is 4.71. The van der Waals surface area contributed by atoms with Crippen LogP contribution in [0.2, 0.25) is 0 Å². The van der Waals surface area contributed by atoms with Gasteiger partial charge in [0.15, 0.2) is 5.17 Å². The zero-order chi connectivity index (χ0) is 19.9. The van der Waals surface area contributed by atoms with E-state index < -0.39 is 0 Å². The molecule has 2 aromatic rings. The summed E-state index contributed by atoms with van der Waals surface area (Å²) in [6, 6.07) is 15.0. The van der Waals surface area contributed by atoms with Crippen molar-refractivity contribution in [3.63, 3.8) is 0 Å². The van der Waals surface area contributed by atoms with Crippen LogP contribution in [0.3, 0.4) is 0 Å². The number of benzene rings is 2. The predicted molar refractivity (Wildman–Crippen MR) is 114 cm³/mol. The van der Waals surface area contributed by atoms with Crippen molar-refractivity contribution in [3.8, 4) is 0 Å². The normalized spacial score (nSPS) is 16.4. The number of hydrogen-bond donors (Lipinski definition) is 1. The highest BCUT2D eigenvalue weighted by Crippen LogP contribution is 2.28. The van der Waals surface area contributed by atoms with E-state index in [0.29, 0.717) is 15.6 Å². The maximum atomic E-state index is 12.2. The van der Waals surface area contributed by atoms with Crippen LogP contribution >= 0.6 is 11.8 Å². The van der Waals surface area contributed by atoms with Crippen molar-refractivity contribution in [2.45, 2.75) is 26.2 Å². The number of carbonyl (C=O) groups is 2. The number of esters is 1. The van der Waals surface area contributed by atoms with Crippen LogP contribution in [-0.4, -0.2) is 24.2 Å². The van der Waals surface area contributed by atoms with E-state index in [2.05, 4.69) is 34.1 Å². The molecule has 2 aromatic carbocycles. The fourth-order valence-corrected chi connectivity index (χ4v) is 3.54. The minimum atomic E-state index is -0.387. The highest BCUT2D eigenvalue weighted by molar-refractivity contribution is 8.18. The van der Waals surface area contributed by atoms with E-state index in [1.807, 2.05) is 12.1 Å². The second kappa shape index (κ2) is 9.37. The Balaban J connectivity index is 1.69. The van der Waals surface area contributed by atoms with Crippen molar-refractivity contribution in [1.29, 1.82) is 0 Å². The summed E-state index contributed by atoms with van der Waals surface area (Å²) in [5.74, 6) is -0.567. The van der Waals surface area contributed by atoms with E-state index in [1.54, 1.807) is 30.3 Å². The minimum Gasteiger partial charge on any atom is -0.465 e. The van der Waals surface area contributed by atoms with Gasteiger partial charge in [-0.05, 0) is 66.1 Å². The zero-order valence-corrected chi connectivity index (χ0v) is 16.7. The molecule has 5 nitrogen and oxygen atoms in total. The largest absolute Gasteiger partial charge is 0.465 e. The molecule has 6 heteroatoms. The average Bonchev–Trinajstić information content (AvgIpc) is 3.06. The second-order valence-corrected chi connectivity index (χ2v) is 7.40. The van der Waals surface area contributed by atoms with Gasteiger partial charge in [0, 0.05) is 0 Å². The SMILES string of the molecule is CCCCc1ccc(N=C2NC(=O)/C(=C/c3ccc(C(=O)OC)cc3)S2)cc1. The number of rotatable bonds is 6. The molecule has 1 fully saturated rings. The summed E-state index contributed by atoms with van der Waals surface area (Å²) in [7, 11) is 1.34. The smallest absolute Gasteiger partial charge is 0.337 e. The van der Waals surface area contributed by atoms with Crippen LogP contribution in [0.4, 0.5) is 5.69 Å². The monoisotopic (exact) mass is 394 g/mol. The molecule has 1 N–H and O–H groups in total. The first-order valence-corrected chi connectivity index (χ1v) is 9.97. The third kappa shape index (κ3) is 5.10. The molecule has 0 atom stereocenters. The molecule has 0 aliphatic carbocycles. The Morgan fingerprint density at radius 3 is 2.50 bits per heavy atom. The number of aryl methyl sites for hydroxylation is 1. The molecule has 0 bridgehead atoms. The van der Waals surface area contributed by atoms with Crippen molar-refractivity contribution in [1.82, 2.24) is 5.32 Å². The maximum Gasteiger partial charge on any atom is 0.337 e. The number of thioether (sulfide) groups is 1. The van der Waals surface area contributed by atoms with Gasteiger partial charge in [0.1, 0.15) is 0 Å². The van der Waals surface area contributed by atoms with E-state index in [0.717, 1.165) is 17.7 Å². The molecule has 1 aliphatic heterocycles. The fraction of sp³-hybridized carbons (Fsp3) is 0.227. The van der Waals surface area contributed by atoms with Crippen LogP contribution in [0.1, 0.15) is 41.3 Å². The molecule has 144 valence electrons. The van der Waals surface area contributed by atoms with Crippen LogP contribution in [0.25, 0.3) is 6.08 Å². The number of unbranched alkanes of at least 4 members (excludes halogenated alkanes) is 1. The molecule has 0 aromatic heterocycles. The summed E-state index contributed by atoms with van der Waals surface area (Å²) >= 11 is 1.30. The molecule has 0 radical (unpaired) electrons. The summed E-state index contributed by atoms with van der Waals surface area (Å²) in [5, 5.41) is 3.35. The van der Waals surface area contributed by atoms with Crippen molar-refractivity contribution in [2.75, 3.05) is 7.11 Å². The minimum absolute atomic E-state index is 0.180. The highest BCUT2D eigenvalue weighted by Gasteiger charge is 2.23. The van der Waals surface area contributed by atoms with Crippen molar-refractivity contribution < 1.29 is 14.3 Å². The number of nitrogens with one attached hydrogen (secondary N) is 1. The Morgan fingerprint density at radius 1 is 1.14 bits per heavy atom. The first-order valence-electron chi connectivity index (χ1n) is 9.16. The summed E-state index contributed by atoms with van der Waals surface area (Å²) in [5.41, 5.74) is 3.40. The zero-order valence-electron chi connectivity index (χ0n) is 15.9. The van der Waals surface area contributed by atoms with Gasteiger partial charge < -0.3 is 10.1 Å². The van der Waals surface area contributed by atoms with E-state index in [1.165, 1.54) is 37.3 Å². The summed E-state index contributed by atoms with van der Waals surface area (Å²) < 4.78 is 4.69. The molecular weight excluding hydrogens is 372 g/mol. The lowest BCUT2D eigenvalue weighted by Gasteiger charge is -2.01. The molecular formula is C22H22N2O3S. The lowest BCUT2D eigenvalue weighted by Crippen LogP contribution is -2.19. The Kier molecular flexibility index (Phi) is 6.66. The topological polar surface area (TPSA) is 67.8 Å². The lowest BCUT2D eigenvalue weighted by molar-refractivity contribution is -0.115. The summed E-state index contributed by atoms with van der Waals surface area (Å²) in [4.78, 5) is 28.8. The molecule has 1 saturated heterocycles. The third-order valence-electron chi connectivity index (χ3n) is 4.27. The van der Waals surface area contributed by atoms with Gasteiger partial charge in [-0.25, -0.2) is 9.79 Å². The number of hydrogen-bond acceptors (Lipinski definition) is 5. The van der Waals surface area contributed by atoms with E-state index >= 15 is 0 Å². The van der Waals surface area contributed by atoms with Crippen molar-refractivity contribution >= 4 is 40.6 Å². The fourth-order valence-electron chi connectivity index (χ4n) is 2.70. The van der Waals surface area contributed by atoms with Gasteiger partial charge >= 0.3 is 5.97 Å². The number of ether oxygens (including phenoxy) is 1. The van der Waals surface area contributed by atoms with Gasteiger partial charge in [-0.15, -0.1) is 0 Å². The van der Waals surface area contributed by atoms with Gasteiger partial charge in [-0.1, -0.05) is 37.6 Å².